The first-order valence-electron chi connectivity index (χ1n) is 6.02. The third-order valence-electron chi connectivity index (χ3n) is 2.94. The summed E-state index contributed by atoms with van der Waals surface area (Å²) < 4.78 is 45.8. The summed E-state index contributed by atoms with van der Waals surface area (Å²) in [5, 5.41) is 0.483. The van der Waals surface area contributed by atoms with Crippen molar-refractivity contribution < 1.29 is 17.9 Å². The quantitative estimate of drug-likeness (QED) is 0.725. The van der Waals surface area contributed by atoms with E-state index in [1.54, 1.807) is 12.1 Å². The fraction of sp³-hybridized carbons (Fsp3) is 0. The summed E-state index contributed by atoms with van der Waals surface area (Å²) in [5.74, 6) is -3.02. The van der Waals surface area contributed by atoms with Crippen molar-refractivity contribution in [2.24, 2.45) is 0 Å². The van der Waals surface area contributed by atoms with Crippen LogP contribution in [0.4, 0.5) is 18.9 Å². The summed E-state index contributed by atoms with van der Waals surface area (Å²) in [6.45, 7) is 0. The van der Waals surface area contributed by atoms with E-state index in [4.69, 9.17) is 10.5 Å². The van der Waals surface area contributed by atoms with E-state index in [0.717, 1.165) is 18.2 Å². The molecule has 2 aromatic carbocycles. The summed E-state index contributed by atoms with van der Waals surface area (Å²) in [6.07, 6.45) is 1.44. The summed E-state index contributed by atoms with van der Waals surface area (Å²) >= 11 is 0. The summed E-state index contributed by atoms with van der Waals surface area (Å²) in [7, 11) is 0. The van der Waals surface area contributed by atoms with Crippen LogP contribution in [0.3, 0.4) is 0 Å². The van der Waals surface area contributed by atoms with Gasteiger partial charge in [-0.15, -0.1) is 0 Å². The van der Waals surface area contributed by atoms with Gasteiger partial charge in [-0.25, -0.2) is 13.2 Å². The maximum absolute atomic E-state index is 14.0. The molecule has 21 heavy (non-hydrogen) atoms. The Hall–Kier alpha value is -2.76. The number of ether oxygens (including phenoxy) is 1. The largest absolute Gasteiger partial charge is 0.449 e. The topological polar surface area (TPSA) is 48.1 Å². The second-order valence-corrected chi connectivity index (χ2v) is 4.35. The van der Waals surface area contributed by atoms with Gasteiger partial charge in [0.15, 0.2) is 23.1 Å². The van der Waals surface area contributed by atoms with E-state index in [-0.39, 0.29) is 22.7 Å². The number of halogens is 3. The Morgan fingerprint density at radius 2 is 1.81 bits per heavy atom. The van der Waals surface area contributed by atoms with Crippen LogP contribution < -0.4 is 10.5 Å². The lowest BCUT2D eigenvalue weighted by molar-refractivity contribution is 0.416. The number of hydrogen-bond acceptors (Lipinski definition) is 3. The van der Waals surface area contributed by atoms with Crippen LogP contribution in [0, 0.1) is 17.5 Å². The van der Waals surface area contributed by atoms with Crippen molar-refractivity contribution in [1.82, 2.24) is 4.98 Å². The lowest BCUT2D eigenvalue weighted by Crippen LogP contribution is -1.97. The van der Waals surface area contributed by atoms with E-state index in [2.05, 4.69) is 4.98 Å². The third-order valence-corrected chi connectivity index (χ3v) is 2.94. The van der Waals surface area contributed by atoms with Crippen LogP contribution in [0.5, 0.6) is 11.5 Å². The molecule has 0 unspecified atom stereocenters. The van der Waals surface area contributed by atoms with Crippen molar-refractivity contribution in [2.75, 3.05) is 5.73 Å². The number of benzene rings is 2. The van der Waals surface area contributed by atoms with E-state index in [1.165, 1.54) is 6.20 Å². The molecule has 0 saturated heterocycles. The van der Waals surface area contributed by atoms with Crippen LogP contribution in [-0.2, 0) is 0 Å². The molecule has 0 saturated carbocycles. The fourth-order valence-corrected chi connectivity index (χ4v) is 1.98. The number of nitrogens with zero attached hydrogens (tertiary/aromatic N) is 1. The first kappa shape index (κ1) is 13.2. The summed E-state index contributed by atoms with van der Waals surface area (Å²) in [5.41, 5.74) is 6.07. The van der Waals surface area contributed by atoms with Crippen LogP contribution in [0.1, 0.15) is 0 Å². The van der Waals surface area contributed by atoms with Gasteiger partial charge in [-0.05, 0) is 24.3 Å². The Labute approximate surface area is 117 Å². The average molecular weight is 290 g/mol. The minimum atomic E-state index is -0.935. The molecule has 1 heterocycles. The molecule has 6 heteroatoms. The number of nitrogens with two attached hydrogens (primary N) is 1. The molecule has 2 N–H and O–H groups in total. The molecule has 0 aliphatic heterocycles. The molecule has 0 bridgehead atoms. The van der Waals surface area contributed by atoms with Gasteiger partial charge in [-0.1, -0.05) is 0 Å². The molecule has 3 nitrogen and oxygen atoms in total. The number of pyridine rings is 1. The number of fused-ring (bicyclic) bond motifs is 1. The lowest BCUT2D eigenvalue weighted by atomic mass is 10.1. The van der Waals surface area contributed by atoms with Gasteiger partial charge in [0, 0.05) is 29.4 Å². The summed E-state index contributed by atoms with van der Waals surface area (Å²) in [4.78, 5) is 4.00. The lowest BCUT2D eigenvalue weighted by Gasteiger charge is -2.11. The Kier molecular flexibility index (Phi) is 3.13. The molecule has 0 amide bonds. The molecule has 3 rings (SSSR count). The van der Waals surface area contributed by atoms with Gasteiger partial charge >= 0.3 is 0 Å². The second-order valence-electron chi connectivity index (χ2n) is 4.35. The summed E-state index contributed by atoms with van der Waals surface area (Å²) in [6, 6.07) is 7.10. The Balaban J connectivity index is 2.16. The molecule has 1 aromatic heterocycles. The van der Waals surface area contributed by atoms with E-state index >= 15 is 0 Å². The Morgan fingerprint density at radius 3 is 2.57 bits per heavy atom. The van der Waals surface area contributed by atoms with Gasteiger partial charge < -0.3 is 10.5 Å². The van der Waals surface area contributed by atoms with E-state index in [0.29, 0.717) is 11.5 Å². The van der Waals surface area contributed by atoms with Crippen molar-refractivity contribution in [3.63, 3.8) is 0 Å². The van der Waals surface area contributed by atoms with Gasteiger partial charge in [0.1, 0.15) is 11.3 Å². The maximum atomic E-state index is 14.0. The molecule has 0 aliphatic carbocycles. The smallest absolute Gasteiger partial charge is 0.189 e. The van der Waals surface area contributed by atoms with Crippen molar-refractivity contribution in [2.45, 2.75) is 0 Å². The van der Waals surface area contributed by atoms with Gasteiger partial charge in [0.2, 0.25) is 0 Å². The Morgan fingerprint density at radius 1 is 1.00 bits per heavy atom. The highest BCUT2D eigenvalue weighted by molar-refractivity contribution is 5.94. The zero-order valence-corrected chi connectivity index (χ0v) is 10.6. The molecule has 0 fully saturated rings. The van der Waals surface area contributed by atoms with Crippen molar-refractivity contribution in [3.8, 4) is 11.5 Å². The van der Waals surface area contributed by atoms with Gasteiger partial charge in [-0.2, -0.15) is 0 Å². The monoisotopic (exact) mass is 290 g/mol. The minimum Gasteiger partial charge on any atom is -0.449 e. The number of nitrogen functional groups attached to an aromatic ring is 1. The molecule has 3 aromatic rings. The highest BCUT2D eigenvalue weighted by Gasteiger charge is 2.16. The van der Waals surface area contributed by atoms with Crippen molar-refractivity contribution >= 4 is 16.6 Å². The van der Waals surface area contributed by atoms with Crippen LogP contribution in [0.25, 0.3) is 10.9 Å². The van der Waals surface area contributed by atoms with Crippen molar-refractivity contribution in [3.05, 3.63) is 60.0 Å². The molecule has 0 spiro atoms. The first-order chi connectivity index (χ1) is 10.1. The molecular weight excluding hydrogens is 281 g/mol. The normalized spacial score (nSPS) is 10.8. The number of anilines is 1. The number of rotatable bonds is 2. The van der Waals surface area contributed by atoms with Crippen molar-refractivity contribution in [1.29, 1.82) is 0 Å². The zero-order valence-electron chi connectivity index (χ0n) is 10.6. The third kappa shape index (κ3) is 2.35. The molecule has 106 valence electrons. The molecule has 0 radical (unpaired) electrons. The molecule has 0 atom stereocenters. The standard InChI is InChI=1S/C15H9F3N2O/c16-8-3-4-13(10(17)6-8)21-15-11(18)7-12(19)9-2-1-5-20-14(9)15/h1-7H,19H2. The Bertz CT molecular complexity index is 837. The van der Waals surface area contributed by atoms with Crippen LogP contribution in [0.15, 0.2) is 42.6 Å². The first-order valence-corrected chi connectivity index (χ1v) is 6.02. The van der Waals surface area contributed by atoms with E-state index < -0.39 is 17.5 Å². The van der Waals surface area contributed by atoms with Gasteiger partial charge in [0.05, 0.1) is 0 Å². The maximum Gasteiger partial charge on any atom is 0.189 e. The van der Waals surface area contributed by atoms with Gasteiger partial charge in [0.25, 0.3) is 0 Å². The number of aromatic nitrogens is 1. The SMILES string of the molecule is Nc1cc(F)c(Oc2ccc(F)cc2F)c2ncccc12. The average Bonchev–Trinajstić information content (AvgIpc) is 2.45. The zero-order chi connectivity index (χ0) is 15.0. The van der Waals surface area contributed by atoms with Crippen LogP contribution in [-0.4, -0.2) is 4.98 Å². The van der Waals surface area contributed by atoms with E-state index in [1.807, 2.05) is 0 Å². The highest BCUT2D eigenvalue weighted by atomic mass is 19.1. The fourth-order valence-electron chi connectivity index (χ4n) is 1.98. The molecular formula is C15H9F3N2O. The van der Waals surface area contributed by atoms with Gasteiger partial charge in [-0.3, -0.25) is 4.98 Å². The molecule has 0 aliphatic rings. The predicted molar refractivity (Wildman–Crippen MR) is 72.5 cm³/mol. The predicted octanol–water partition coefficient (Wildman–Crippen LogP) is 4.03. The minimum absolute atomic E-state index is 0.165. The second kappa shape index (κ2) is 4.97. The van der Waals surface area contributed by atoms with Crippen LogP contribution >= 0.6 is 0 Å². The highest BCUT2D eigenvalue weighted by Crippen LogP contribution is 2.35. The van der Waals surface area contributed by atoms with E-state index in [9.17, 15) is 13.2 Å². The van der Waals surface area contributed by atoms with Crippen LogP contribution in [0.2, 0.25) is 0 Å². The number of hydrogen-bond donors (Lipinski definition) is 1.